The molecule has 1 fully saturated rings. The smallest absolute Gasteiger partial charge is 0.254 e. The van der Waals surface area contributed by atoms with Gasteiger partial charge in [0.1, 0.15) is 0 Å². The third-order valence-corrected chi connectivity index (χ3v) is 4.90. The fraction of sp³-hybridized carbons (Fsp3) is 0.588. The van der Waals surface area contributed by atoms with Crippen molar-refractivity contribution in [3.63, 3.8) is 0 Å². The van der Waals surface area contributed by atoms with E-state index in [0.29, 0.717) is 13.0 Å². The maximum Gasteiger partial charge on any atom is 0.254 e. The number of aliphatic hydroxyl groups excluding tert-OH is 1. The Morgan fingerprint density at radius 1 is 1.32 bits per heavy atom. The van der Waals surface area contributed by atoms with Gasteiger partial charge in [-0.3, -0.25) is 4.79 Å². The van der Waals surface area contributed by atoms with E-state index in [-0.39, 0.29) is 24.6 Å². The molecule has 0 spiro atoms. The van der Waals surface area contributed by atoms with Crippen molar-refractivity contribution in [2.24, 2.45) is 5.73 Å². The summed E-state index contributed by atoms with van der Waals surface area (Å²) in [4.78, 5) is 16.8. The van der Waals surface area contributed by atoms with Crippen LogP contribution in [0.25, 0.3) is 0 Å². The summed E-state index contributed by atoms with van der Waals surface area (Å²) in [6.45, 7) is 2.60. The summed E-state index contributed by atoms with van der Waals surface area (Å²) < 4.78 is 0. The molecule has 0 bridgehead atoms. The average molecular weight is 303 g/mol. The number of carbonyl (C=O) groups excluding carboxylic acids is 1. The predicted molar refractivity (Wildman–Crippen MR) is 85.8 cm³/mol. The van der Waals surface area contributed by atoms with Crippen molar-refractivity contribution in [3.8, 4) is 0 Å². The molecule has 0 aromatic heterocycles. The summed E-state index contributed by atoms with van der Waals surface area (Å²) in [7, 11) is 2.13. The monoisotopic (exact) mass is 303 g/mol. The van der Waals surface area contributed by atoms with Gasteiger partial charge in [-0.1, -0.05) is 6.07 Å². The molecule has 2 aliphatic heterocycles. The minimum absolute atomic E-state index is 0.00704. The van der Waals surface area contributed by atoms with Crippen LogP contribution in [0.4, 0.5) is 0 Å². The van der Waals surface area contributed by atoms with Crippen molar-refractivity contribution in [1.82, 2.24) is 9.80 Å². The molecule has 1 amide bonds. The first-order chi connectivity index (χ1) is 10.6. The van der Waals surface area contributed by atoms with Crippen LogP contribution in [-0.2, 0) is 12.8 Å². The maximum absolute atomic E-state index is 12.7. The predicted octanol–water partition coefficient (Wildman–Crippen LogP) is 0.251. The second-order valence-corrected chi connectivity index (χ2v) is 6.58. The fourth-order valence-corrected chi connectivity index (χ4v) is 3.51. The van der Waals surface area contributed by atoms with Crippen molar-refractivity contribution < 1.29 is 9.90 Å². The molecule has 1 saturated heterocycles. The normalized spacial score (nSPS) is 25.9. The van der Waals surface area contributed by atoms with E-state index in [2.05, 4.69) is 18.0 Å². The molecule has 2 unspecified atom stereocenters. The van der Waals surface area contributed by atoms with E-state index in [1.54, 1.807) is 4.90 Å². The molecule has 22 heavy (non-hydrogen) atoms. The van der Waals surface area contributed by atoms with Gasteiger partial charge in [-0.2, -0.15) is 0 Å². The third-order valence-electron chi connectivity index (χ3n) is 4.90. The Labute approximate surface area is 131 Å². The van der Waals surface area contributed by atoms with Gasteiger partial charge in [-0.05, 0) is 49.6 Å². The fourth-order valence-electron chi connectivity index (χ4n) is 3.51. The van der Waals surface area contributed by atoms with E-state index in [1.807, 2.05) is 12.1 Å². The number of benzene rings is 1. The first-order valence-corrected chi connectivity index (χ1v) is 8.06. The molecule has 120 valence electrons. The molecule has 1 aromatic carbocycles. The zero-order valence-corrected chi connectivity index (χ0v) is 13.2. The number of fused-ring (bicyclic) bond motifs is 1. The van der Waals surface area contributed by atoms with Gasteiger partial charge < -0.3 is 20.6 Å². The molecule has 2 atom stereocenters. The summed E-state index contributed by atoms with van der Waals surface area (Å²) in [5.41, 5.74) is 9.28. The van der Waals surface area contributed by atoms with Crippen LogP contribution >= 0.6 is 0 Å². The van der Waals surface area contributed by atoms with Crippen LogP contribution in [0, 0.1) is 0 Å². The second kappa shape index (κ2) is 6.36. The molecule has 3 N–H and O–H groups in total. The SMILES string of the molecule is CN1CCc2ccc(C(=O)N3CC(N)CC3CO)cc2CC1. The lowest BCUT2D eigenvalue weighted by molar-refractivity contribution is 0.0676. The van der Waals surface area contributed by atoms with E-state index in [4.69, 9.17) is 5.73 Å². The lowest BCUT2D eigenvalue weighted by Crippen LogP contribution is -2.38. The van der Waals surface area contributed by atoms with Gasteiger partial charge in [0.25, 0.3) is 5.91 Å². The zero-order chi connectivity index (χ0) is 15.7. The van der Waals surface area contributed by atoms with Crippen LogP contribution in [0.5, 0.6) is 0 Å². The van der Waals surface area contributed by atoms with Gasteiger partial charge in [-0.25, -0.2) is 0 Å². The summed E-state index contributed by atoms with van der Waals surface area (Å²) in [6, 6.07) is 5.87. The minimum Gasteiger partial charge on any atom is -0.394 e. The number of hydrogen-bond acceptors (Lipinski definition) is 4. The molecular formula is C17H25N3O2. The van der Waals surface area contributed by atoms with E-state index in [9.17, 15) is 9.90 Å². The highest BCUT2D eigenvalue weighted by Gasteiger charge is 2.33. The van der Waals surface area contributed by atoms with Crippen LogP contribution in [-0.4, -0.2) is 66.2 Å². The van der Waals surface area contributed by atoms with E-state index >= 15 is 0 Å². The highest BCUT2D eigenvalue weighted by molar-refractivity contribution is 5.95. The number of likely N-dealkylation sites (tertiary alicyclic amines) is 1. The maximum atomic E-state index is 12.7. The van der Waals surface area contributed by atoms with Crippen LogP contribution < -0.4 is 5.73 Å². The van der Waals surface area contributed by atoms with E-state index in [1.165, 1.54) is 11.1 Å². The standard InChI is InChI=1S/C17H25N3O2/c1-19-6-4-12-2-3-14(8-13(12)5-7-19)17(22)20-10-15(18)9-16(20)11-21/h2-3,8,15-16,21H,4-7,9-11,18H2,1H3. The summed E-state index contributed by atoms with van der Waals surface area (Å²) in [5.74, 6) is -0.00704. The largest absolute Gasteiger partial charge is 0.394 e. The van der Waals surface area contributed by atoms with Gasteiger partial charge in [0, 0.05) is 31.2 Å². The first kappa shape index (κ1) is 15.5. The molecule has 2 aliphatic rings. The van der Waals surface area contributed by atoms with Crippen molar-refractivity contribution in [1.29, 1.82) is 0 Å². The van der Waals surface area contributed by atoms with Crippen molar-refractivity contribution in [2.75, 3.05) is 33.3 Å². The quantitative estimate of drug-likeness (QED) is 0.822. The number of amides is 1. The minimum atomic E-state index is -0.146. The van der Waals surface area contributed by atoms with E-state index < -0.39 is 0 Å². The molecule has 2 heterocycles. The lowest BCUT2D eigenvalue weighted by atomic mass is 9.99. The van der Waals surface area contributed by atoms with Gasteiger partial charge in [0.05, 0.1) is 12.6 Å². The van der Waals surface area contributed by atoms with Gasteiger partial charge in [0.15, 0.2) is 0 Å². The Kier molecular flexibility index (Phi) is 4.47. The van der Waals surface area contributed by atoms with Crippen LogP contribution in [0.1, 0.15) is 27.9 Å². The van der Waals surface area contributed by atoms with E-state index in [0.717, 1.165) is 31.5 Å². The van der Waals surface area contributed by atoms with Gasteiger partial charge in [0.2, 0.25) is 0 Å². The van der Waals surface area contributed by atoms with Crippen LogP contribution in [0.2, 0.25) is 0 Å². The first-order valence-electron chi connectivity index (χ1n) is 8.06. The Hall–Kier alpha value is -1.43. The Balaban J connectivity index is 1.82. The molecule has 0 aliphatic carbocycles. The number of nitrogens with two attached hydrogens (primary N) is 1. The average Bonchev–Trinajstić information content (AvgIpc) is 2.80. The molecule has 0 radical (unpaired) electrons. The van der Waals surface area contributed by atoms with Gasteiger partial charge in [-0.15, -0.1) is 0 Å². The number of hydrogen-bond donors (Lipinski definition) is 2. The molecular weight excluding hydrogens is 278 g/mol. The molecule has 0 saturated carbocycles. The molecule has 5 nitrogen and oxygen atoms in total. The van der Waals surface area contributed by atoms with Crippen molar-refractivity contribution in [3.05, 3.63) is 34.9 Å². The zero-order valence-electron chi connectivity index (χ0n) is 13.2. The van der Waals surface area contributed by atoms with Crippen molar-refractivity contribution >= 4 is 5.91 Å². The number of rotatable bonds is 2. The van der Waals surface area contributed by atoms with Crippen LogP contribution in [0.15, 0.2) is 18.2 Å². The number of likely N-dealkylation sites (N-methyl/N-ethyl adjacent to an activating group) is 1. The Morgan fingerprint density at radius 3 is 2.77 bits per heavy atom. The third kappa shape index (κ3) is 3.02. The highest BCUT2D eigenvalue weighted by Crippen LogP contribution is 2.22. The molecule has 5 heteroatoms. The Bertz CT molecular complexity index is 561. The van der Waals surface area contributed by atoms with Crippen LogP contribution in [0.3, 0.4) is 0 Å². The summed E-state index contributed by atoms with van der Waals surface area (Å²) >= 11 is 0. The number of aliphatic hydroxyl groups is 1. The van der Waals surface area contributed by atoms with Crippen molar-refractivity contribution in [2.45, 2.75) is 31.3 Å². The summed E-state index contributed by atoms with van der Waals surface area (Å²) in [6.07, 6.45) is 2.70. The molecule has 1 aromatic rings. The van der Waals surface area contributed by atoms with Gasteiger partial charge >= 0.3 is 0 Å². The lowest BCUT2D eigenvalue weighted by Gasteiger charge is -2.23. The topological polar surface area (TPSA) is 69.8 Å². The number of nitrogens with zero attached hydrogens (tertiary/aromatic N) is 2. The second-order valence-electron chi connectivity index (χ2n) is 6.58. The Morgan fingerprint density at radius 2 is 2.05 bits per heavy atom. The number of carbonyl (C=O) groups is 1. The summed E-state index contributed by atoms with van der Waals surface area (Å²) in [5, 5.41) is 9.45. The highest BCUT2D eigenvalue weighted by atomic mass is 16.3. The molecule has 3 rings (SSSR count).